The highest BCUT2D eigenvalue weighted by atomic mass is 35.5. The van der Waals surface area contributed by atoms with Crippen LogP contribution in [0.3, 0.4) is 0 Å². The summed E-state index contributed by atoms with van der Waals surface area (Å²) in [5.74, 6) is -1.17. The number of amides is 2. The Labute approximate surface area is 187 Å². The molecule has 2 aromatic rings. The van der Waals surface area contributed by atoms with Crippen molar-refractivity contribution in [2.75, 3.05) is 37.6 Å². The molecule has 0 aromatic heterocycles. The summed E-state index contributed by atoms with van der Waals surface area (Å²) in [6.45, 7) is 1.78. The first-order valence-corrected chi connectivity index (χ1v) is 10.2. The molecule has 1 saturated heterocycles. The second kappa shape index (κ2) is 9.93. The molecule has 1 heterocycles. The quantitative estimate of drug-likeness (QED) is 0.516. The van der Waals surface area contributed by atoms with Gasteiger partial charge in [-0.3, -0.25) is 19.7 Å². The highest BCUT2D eigenvalue weighted by Crippen LogP contribution is 2.31. The highest BCUT2D eigenvalue weighted by Gasteiger charge is 2.26. The van der Waals surface area contributed by atoms with Gasteiger partial charge in [-0.2, -0.15) is 0 Å². The van der Waals surface area contributed by atoms with Crippen LogP contribution in [0.5, 0.6) is 0 Å². The number of nitrogens with one attached hydrogen (secondary N) is 1. The van der Waals surface area contributed by atoms with Gasteiger partial charge in [-0.1, -0.05) is 23.2 Å². The molecule has 1 aliphatic rings. The second-order valence-corrected chi connectivity index (χ2v) is 7.73. The Morgan fingerprint density at radius 1 is 1.10 bits per heavy atom. The maximum atomic E-state index is 13.1. The lowest BCUT2D eigenvalue weighted by Gasteiger charge is -2.35. The molecule has 0 aliphatic carbocycles. The summed E-state index contributed by atoms with van der Waals surface area (Å²) < 4.78 is 13.1. The van der Waals surface area contributed by atoms with E-state index in [1.807, 2.05) is 4.90 Å². The Balaban J connectivity index is 1.49. The van der Waals surface area contributed by atoms with Crippen molar-refractivity contribution in [1.29, 1.82) is 0 Å². The number of nitrogens with zero attached hydrogens (tertiary/aromatic N) is 3. The zero-order chi connectivity index (χ0) is 22.5. The van der Waals surface area contributed by atoms with Gasteiger partial charge in [0, 0.05) is 50.2 Å². The summed E-state index contributed by atoms with van der Waals surface area (Å²) in [6, 6.07) is 7.97. The molecule has 1 aliphatic heterocycles. The summed E-state index contributed by atoms with van der Waals surface area (Å²) in [5, 5.41) is 14.2. The van der Waals surface area contributed by atoms with Gasteiger partial charge in [0.1, 0.15) is 11.5 Å². The van der Waals surface area contributed by atoms with Gasteiger partial charge >= 0.3 is 0 Å². The van der Waals surface area contributed by atoms with E-state index in [9.17, 15) is 24.1 Å². The van der Waals surface area contributed by atoms with Crippen molar-refractivity contribution >= 4 is 46.4 Å². The molecule has 11 heteroatoms. The number of benzene rings is 2. The maximum absolute atomic E-state index is 13.1. The summed E-state index contributed by atoms with van der Waals surface area (Å²) in [7, 11) is 0. The van der Waals surface area contributed by atoms with E-state index in [4.69, 9.17) is 23.2 Å². The molecule has 0 spiro atoms. The fraction of sp³-hybridized carbons (Fsp3) is 0.300. The van der Waals surface area contributed by atoms with Crippen molar-refractivity contribution < 1.29 is 18.9 Å². The topological polar surface area (TPSA) is 95.8 Å². The summed E-state index contributed by atoms with van der Waals surface area (Å²) in [5.41, 5.74) is 0.521. The van der Waals surface area contributed by atoms with Crippen molar-refractivity contribution in [3.63, 3.8) is 0 Å². The number of nitro groups is 1. The van der Waals surface area contributed by atoms with Gasteiger partial charge in [-0.05, 0) is 30.3 Å². The van der Waals surface area contributed by atoms with E-state index < -0.39 is 16.6 Å². The molecule has 2 aromatic carbocycles. The minimum atomic E-state index is -0.542. The molecule has 1 fully saturated rings. The largest absolute Gasteiger partial charge is 0.362 e. The van der Waals surface area contributed by atoms with Gasteiger partial charge in [-0.25, -0.2) is 4.39 Å². The van der Waals surface area contributed by atoms with Crippen LogP contribution in [0.25, 0.3) is 0 Å². The average Bonchev–Trinajstić information content (AvgIpc) is 2.73. The first-order valence-electron chi connectivity index (χ1n) is 9.46. The van der Waals surface area contributed by atoms with Crippen LogP contribution >= 0.6 is 23.2 Å². The molecule has 8 nitrogen and oxygen atoms in total. The fourth-order valence-electron chi connectivity index (χ4n) is 3.32. The van der Waals surface area contributed by atoms with E-state index in [1.54, 1.807) is 17.0 Å². The predicted octanol–water partition coefficient (Wildman–Crippen LogP) is 3.51. The van der Waals surface area contributed by atoms with Crippen LogP contribution in [0.4, 0.5) is 15.8 Å². The number of piperazine rings is 1. The lowest BCUT2D eigenvalue weighted by molar-refractivity contribution is -0.384. The van der Waals surface area contributed by atoms with Crippen molar-refractivity contribution in [3.8, 4) is 0 Å². The van der Waals surface area contributed by atoms with Gasteiger partial charge in [0.2, 0.25) is 5.91 Å². The van der Waals surface area contributed by atoms with Crippen LogP contribution in [0.1, 0.15) is 16.8 Å². The third-order valence-corrected chi connectivity index (χ3v) is 5.46. The Morgan fingerprint density at radius 3 is 2.45 bits per heavy atom. The van der Waals surface area contributed by atoms with E-state index in [2.05, 4.69) is 5.32 Å². The molecule has 2 amide bonds. The minimum absolute atomic E-state index is 0.00348. The first kappa shape index (κ1) is 22.8. The van der Waals surface area contributed by atoms with Crippen LogP contribution < -0.4 is 10.2 Å². The lowest BCUT2D eigenvalue weighted by atomic mass is 10.2. The fourth-order valence-corrected chi connectivity index (χ4v) is 3.74. The molecule has 0 unspecified atom stereocenters. The molecular formula is C20H19Cl2FN4O4. The lowest BCUT2D eigenvalue weighted by Crippen LogP contribution is -2.49. The van der Waals surface area contributed by atoms with Crippen LogP contribution in [-0.2, 0) is 4.79 Å². The van der Waals surface area contributed by atoms with Crippen LogP contribution in [0.2, 0.25) is 10.0 Å². The number of anilines is 1. The number of halogens is 3. The average molecular weight is 469 g/mol. The Morgan fingerprint density at radius 2 is 1.81 bits per heavy atom. The first-order chi connectivity index (χ1) is 14.8. The van der Waals surface area contributed by atoms with Crippen molar-refractivity contribution in [1.82, 2.24) is 10.2 Å². The number of carbonyl (C=O) groups excluding carboxylic acids is 2. The van der Waals surface area contributed by atoms with Crippen molar-refractivity contribution in [2.24, 2.45) is 0 Å². The van der Waals surface area contributed by atoms with Crippen LogP contribution in [0.15, 0.2) is 36.4 Å². The molecule has 0 saturated carbocycles. The summed E-state index contributed by atoms with van der Waals surface area (Å²) in [6.07, 6.45) is 0.0889. The SMILES string of the molecule is O=C(NCCC(=O)N1CCN(c2ccc(Cl)cc2[N+](=O)[O-])CC1)c1ccc(F)cc1Cl. The Hall–Kier alpha value is -2.91. The smallest absolute Gasteiger partial charge is 0.294 e. The summed E-state index contributed by atoms with van der Waals surface area (Å²) in [4.78, 5) is 38.9. The van der Waals surface area contributed by atoms with E-state index >= 15 is 0 Å². The van der Waals surface area contributed by atoms with Crippen LogP contribution in [-0.4, -0.2) is 54.4 Å². The van der Waals surface area contributed by atoms with Gasteiger partial charge in [0.25, 0.3) is 11.6 Å². The predicted molar refractivity (Wildman–Crippen MR) is 115 cm³/mol. The number of carbonyl (C=O) groups is 2. The summed E-state index contributed by atoms with van der Waals surface area (Å²) >= 11 is 11.7. The highest BCUT2D eigenvalue weighted by molar-refractivity contribution is 6.33. The van der Waals surface area contributed by atoms with Gasteiger partial charge in [0.15, 0.2) is 0 Å². The molecule has 164 valence electrons. The zero-order valence-electron chi connectivity index (χ0n) is 16.3. The zero-order valence-corrected chi connectivity index (χ0v) is 17.8. The monoisotopic (exact) mass is 468 g/mol. The van der Waals surface area contributed by atoms with E-state index in [0.717, 1.165) is 12.1 Å². The number of hydrogen-bond acceptors (Lipinski definition) is 5. The Kier molecular flexibility index (Phi) is 7.29. The third-order valence-electron chi connectivity index (χ3n) is 4.91. The number of rotatable bonds is 6. The normalized spacial score (nSPS) is 13.8. The van der Waals surface area contributed by atoms with Crippen LogP contribution in [0, 0.1) is 15.9 Å². The maximum Gasteiger partial charge on any atom is 0.294 e. The third kappa shape index (κ3) is 5.62. The van der Waals surface area contributed by atoms with E-state index in [0.29, 0.717) is 31.9 Å². The van der Waals surface area contributed by atoms with Gasteiger partial charge in [0.05, 0.1) is 15.5 Å². The molecular weight excluding hydrogens is 450 g/mol. The standard InChI is InChI=1S/C20H19Cl2FN4O4/c21-13-1-4-17(18(11-13)27(30)31)25-7-9-26(10-8-25)19(28)5-6-24-20(29)15-3-2-14(23)12-16(15)22/h1-4,11-12H,5-10H2,(H,24,29). The number of hydrogen-bond donors (Lipinski definition) is 1. The van der Waals surface area contributed by atoms with E-state index in [-0.39, 0.29) is 40.2 Å². The minimum Gasteiger partial charge on any atom is -0.362 e. The second-order valence-electron chi connectivity index (χ2n) is 6.89. The molecule has 0 atom stereocenters. The molecule has 1 N–H and O–H groups in total. The molecule has 0 radical (unpaired) electrons. The number of nitro benzene ring substituents is 1. The molecule has 3 rings (SSSR count). The van der Waals surface area contributed by atoms with Gasteiger partial charge < -0.3 is 15.1 Å². The van der Waals surface area contributed by atoms with Crippen molar-refractivity contribution in [3.05, 3.63) is 67.9 Å². The van der Waals surface area contributed by atoms with Gasteiger partial charge in [-0.15, -0.1) is 0 Å². The van der Waals surface area contributed by atoms with Crippen molar-refractivity contribution in [2.45, 2.75) is 6.42 Å². The van der Waals surface area contributed by atoms with E-state index in [1.165, 1.54) is 12.1 Å². The molecule has 0 bridgehead atoms. The Bertz CT molecular complexity index is 1010. The molecule has 31 heavy (non-hydrogen) atoms.